The Morgan fingerprint density at radius 2 is 1.57 bits per heavy atom. The highest BCUT2D eigenvalue weighted by Gasteiger charge is 2.30. The molecule has 0 fully saturated rings. The second-order valence-corrected chi connectivity index (χ2v) is 9.13. The van der Waals surface area contributed by atoms with Crippen LogP contribution in [-0.2, 0) is 23.9 Å². The molecule has 0 aromatic heterocycles. The van der Waals surface area contributed by atoms with Gasteiger partial charge in [-0.05, 0) is 42.0 Å². The summed E-state index contributed by atoms with van der Waals surface area (Å²) >= 11 is 0. The van der Waals surface area contributed by atoms with Gasteiger partial charge in [0.05, 0.1) is 18.4 Å². The summed E-state index contributed by atoms with van der Waals surface area (Å²) in [5.41, 5.74) is 4.42. The number of unbranched alkanes of at least 4 members (excludes halogenated alkanes) is 1. The normalized spacial score (nSPS) is 13.5. The van der Waals surface area contributed by atoms with Crippen molar-refractivity contribution in [1.29, 1.82) is 0 Å². The average Bonchev–Trinajstić information content (AvgIpc) is 3.20. The maximum atomic E-state index is 12.6. The Balaban J connectivity index is 1.48. The molecular formula is C29H33NO7. The van der Waals surface area contributed by atoms with Crippen molar-refractivity contribution in [3.05, 3.63) is 72.3 Å². The standard InChI is InChI=1S/C29H33NO7/c1-3-16-36-29(35)30-26(19(2)31)15-9-4-10-20(28(33)34)17-27(32)37-18-25-23-13-7-5-11-21(23)22-12-6-8-14-24(22)25/h3,5-8,11-14,20,25-26H,1,4,9-10,15-18H2,2H3,(H,30,35)(H,33,34). The first-order chi connectivity index (χ1) is 17.8. The van der Waals surface area contributed by atoms with E-state index in [1.807, 2.05) is 48.5 Å². The van der Waals surface area contributed by atoms with Gasteiger partial charge < -0.3 is 19.9 Å². The van der Waals surface area contributed by atoms with Crippen molar-refractivity contribution in [2.24, 2.45) is 5.92 Å². The molecule has 0 radical (unpaired) electrons. The number of ketones is 1. The van der Waals surface area contributed by atoms with Gasteiger partial charge in [0.2, 0.25) is 0 Å². The van der Waals surface area contributed by atoms with Crippen LogP contribution in [0.15, 0.2) is 61.2 Å². The Bertz CT molecular complexity index is 1100. The number of fused-ring (bicyclic) bond motifs is 3. The van der Waals surface area contributed by atoms with E-state index in [1.165, 1.54) is 13.0 Å². The van der Waals surface area contributed by atoms with E-state index >= 15 is 0 Å². The molecule has 196 valence electrons. The Kier molecular flexibility index (Phi) is 10.0. The zero-order valence-corrected chi connectivity index (χ0v) is 21.0. The Morgan fingerprint density at radius 1 is 0.973 bits per heavy atom. The lowest BCUT2D eigenvalue weighted by molar-refractivity contribution is -0.152. The van der Waals surface area contributed by atoms with Gasteiger partial charge in [0, 0.05) is 5.92 Å². The number of Topliss-reactive ketones (excluding diaryl/α,β-unsaturated/α-hetero) is 1. The molecule has 1 aliphatic rings. The van der Waals surface area contributed by atoms with Crippen LogP contribution in [0, 0.1) is 5.92 Å². The number of carboxylic acids is 1. The van der Waals surface area contributed by atoms with Gasteiger partial charge in [-0.25, -0.2) is 4.79 Å². The highest BCUT2D eigenvalue weighted by atomic mass is 16.5. The fourth-order valence-electron chi connectivity index (χ4n) is 4.62. The molecule has 0 spiro atoms. The van der Waals surface area contributed by atoms with Crippen LogP contribution in [0.2, 0.25) is 0 Å². The number of carboxylic acid groups (broad SMARTS) is 1. The molecule has 1 aliphatic carbocycles. The fraction of sp³-hybridized carbons (Fsp3) is 0.379. The van der Waals surface area contributed by atoms with E-state index in [-0.39, 0.29) is 37.8 Å². The fourth-order valence-corrected chi connectivity index (χ4v) is 4.62. The highest BCUT2D eigenvalue weighted by Crippen LogP contribution is 2.44. The van der Waals surface area contributed by atoms with Gasteiger partial charge in [-0.2, -0.15) is 0 Å². The number of nitrogens with one attached hydrogen (secondary N) is 1. The summed E-state index contributed by atoms with van der Waals surface area (Å²) in [7, 11) is 0. The number of ether oxygens (including phenoxy) is 2. The quantitative estimate of drug-likeness (QED) is 0.213. The Labute approximate surface area is 216 Å². The smallest absolute Gasteiger partial charge is 0.408 e. The second kappa shape index (κ2) is 13.4. The van der Waals surface area contributed by atoms with E-state index in [4.69, 9.17) is 9.47 Å². The number of hydrogen-bond donors (Lipinski definition) is 2. The molecule has 37 heavy (non-hydrogen) atoms. The first kappa shape index (κ1) is 27.6. The molecule has 2 aromatic carbocycles. The highest BCUT2D eigenvalue weighted by molar-refractivity contribution is 5.85. The van der Waals surface area contributed by atoms with E-state index < -0.39 is 30.0 Å². The molecule has 3 rings (SSSR count). The lowest BCUT2D eigenvalue weighted by atomic mass is 9.96. The van der Waals surface area contributed by atoms with Crippen LogP contribution in [-0.4, -0.2) is 48.2 Å². The molecule has 0 bridgehead atoms. The number of carbonyl (C=O) groups is 4. The maximum Gasteiger partial charge on any atom is 0.408 e. The van der Waals surface area contributed by atoms with Gasteiger partial charge >= 0.3 is 18.0 Å². The minimum Gasteiger partial charge on any atom is -0.481 e. The Morgan fingerprint density at radius 3 is 2.14 bits per heavy atom. The molecule has 2 aromatic rings. The van der Waals surface area contributed by atoms with Crippen LogP contribution >= 0.6 is 0 Å². The molecule has 2 atom stereocenters. The van der Waals surface area contributed by atoms with Gasteiger partial charge in [0.15, 0.2) is 5.78 Å². The molecular weight excluding hydrogens is 474 g/mol. The van der Waals surface area contributed by atoms with Gasteiger partial charge in [0.1, 0.15) is 13.2 Å². The maximum absolute atomic E-state index is 12.6. The van der Waals surface area contributed by atoms with E-state index in [9.17, 15) is 24.3 Å². The van der Waals surface area contributed by atoms with Crippen LogP contribution in [0.3, 0.4) is 0 Å². The SMILES string of the molecule is C=CCOC(=O)NC(CCCCC(CC(=O)OCC1c2ccccc2-c2ccccc21)C(=O)O)C(C)=O. The number of esters is 1. The van der Waals surface area contributed by atoms with Gasteiger partial charge in [-0.1, -0.05) is 74.0 Å². The number of hydrogen-bond acceptors (Lipinski definition) is 6. The van der Waals surface area contributed by atoms with Crippen LogP contribution < -0.4 is 5.32 Å². The van der Waals surface area contributed by atoms with E-state index in [0.717, 1.165) is 22.3 Å². The summed E-state index contributed by atoms with van der Waals surface area (Å²) < 4.78 is 10.4. The average molecular weight is 508 g/mol. The molecule has 0 saturated heterocycles. The van der Waals surface area contributed by atoms with E-state index in [2.05, 4.69) is 11.9 Å². The third-order valence-corrected chi connectivity index (χ3v) is 6.55. The zero-order valence-electron chi connectivity index (χ0n) is 21.0. The Hall–Kier alpha value is -3.94. The van der Waals surface area contributed by atoms with Crippen molar-refractivity contribution >= 4 is 23.8 Å². The first-order valence-corrected chi connectivity index (χ1v) is 12.4. The predicted molar refractivity (Wildman–Crippen MR) is 138 cm³/mol. The summed E-state index contributed by atoms with van der Waals surface area (Å²) in [4.78, 5) is 47.9. The number of amides is 1. The number of alkyl carbamates (subject to hydrolysis) is 1. The van der Waals surface area contributed by atoms with Crippen LogP contribution in [0.4, 0.5) is 4.79 Å². The third kappa shape index (κ3) is 7.52. The molecule has 1 amide bonds. The third-order valence-electron chi connectivity index (χ3n) is 6.55. The zero-order chi connectivity index (χ0) is 26.8. The van der Waals surface area contributed by atoms with Gasteiger partial charge in [0.25, 0.3) is 0 Å². The summed E-state index contributed by atoms with van der Waals surface area (Å²) in [6, 6.07) is 15.3. The van der Waals surface area contributed by atoms with Crippen molar-refractivity contribution in [3.63, 3.8) is 0 Å². The van der Waals surface area contributed by atoms with Crippen LogP contribution in [0.5, 0.6) is 0 Å². The molecule has 2 N–H and O–H groups in total. The second-order valence-electron chi connectivity index (χ2n) is 9.13. The lowest BCUT2D eigenvalue weighted by Gasteiger charge is -2.17. The summed E-state index contributed by atoms with van der Waals surface area (Å²) in [5.74, 6) is -2.82. The number of benzene rings is 2. The molecule has 8 nitrogen and oxygen atoms in total. The molecule has 8 heteroatoms. The monoisotopic (exact) mass is 507 g/mol. The van der Waals surface area contributed by atoms with Crippen molar-refractivity contribution < 1.29 is 33.8 Å². The van der Waals surface area contributed by atoms with Crippen molar-refractivity contribution in [2.45, 2.75) is 51.0 Å². The van der Waals surface area contributed by atoms with Gasteiger partial charge in [-0.15, -0.1) is 0 Å². The first-order valence-electron chi connectivity index (χ1n) is 12.4. The molecule has 2 unspecified atom stereocenters. The number of carbonyl (C=O) groups excluding carboxylic acids is 3. The van der Waals surface area contributed by atoms with Crippen molar-refractivity contribution in [1.82, 2.24) is 5.32 Å². The van der Waals surface area contributed by atoms with Gasteiger partial charge in [-0.3, -0.25) is 14.4 Å². The predicted octanol–water partition coefficient (Wildman–Crippen LogP) is 4.86. The van der Waals surface area contributed by atoms with Crippen LogP contribution in [0.25, 0.3) is 11.1 Å². The van der Waals surface area contributed by atoms with Crippen LogP contribution in [0.1, 0.15) is 56.1 Å². The largest absolute Gasteiger partial charge is 0.481 e. The lowest BCUT2D eigenvalue weighted by Crippen LogP contribution is -2.40. The van der Waals surface area contributed by atoms with E-state index in [0.29, 0.717) is 19.3 Å². The summed E-state index contributed by atoms with van der Waals surface area (Å²) in [5, 5.41) is 12.1. The number of aliphatic carboxylic acids is 1. The molecule has 0 aliphatic heterocycles. The topological polar surface area (TPSA) is 119 Å². The summed E-state index contributed by atoms with van der Waals surface area (Å²) in [6.45, 7) is 5.01. The minimum atomic E-state index is -1.07. The summed E-state index contributed by atoms with van der Waals surface area (Å²) in [6.07, 6.45) is 2.06. The minimum absolute atomic E-state index is 0.0343. The molecule has 0 heterocycles. The van der Waals surface area contributed by atoms with Crippen molar-refractivity contribution in [3.8, 4) is 11.1 Å². The van der Waals surface area contributed by atoms with E-state index in [1.54, 1.807) is 0 Å². The number of rotatable bonds is 14. The van der Waals surface area contributed by atoms with Crippen molar-refractivity contribution in [2.75, 3.05) is 13.2 Å². The molecule has 0 saturated carbocycles.